The molecule has 0 bridgehead atoms. The van der Waals surface area contributed by atoms with Crippen molar-refractivity contribution in [3.8, 4) is 0 Å². The minimum absolute atomic E-state index is 0.165. The second-order valence-corrected chi connectivity index (χ2v) is 5.16. The fourth-order valence-electron chi connectivity index (χ4n) is 1.03. The molecule has 1 atom stereocenters. The summed E-state index contributed by atoms with van der Waals surface area (Å²) in [4.78, 5) is 4.17. The Labute approximate surface area is 96.2 Å². The molecule has 2 rings (SSSR count). The molecule has 0 fully saturated rings. The Morgan fingerprint density at radius 2 is 2.27 bits per heavy atom. The number of rotatable bonds is 3. The largest absolute Gasteiger partial charge is 0.758 e. The summed E-state index contributed by atoms with van der Waals surface area (Å²) in [5.74, 6) is 0. The van der Waals surface area contributed by atoms with Gasteiger partial charge in [-0.25, -0.2) is 4.98 Å². The smallest absolute Gasteiger partial charge is 0.107 e. The van der Waals surface area contributed by atoms with Crippen molar-refractivity contribution >= 4 is 21.6 Å². The molecule has 2 heterocycles. The molecule has 3 nitrogen and oxygen atoms in total. The summed E-state index contributed by atoms with van der Waals surface area (Å²) in [6.07, 6.45) is 8.75. The third-order valence-corrected chi connectivity index (χ3v) is 4.20. The molecule has 0 aliphatic carbocycles. The number of pyridine rings is 1. The fraction of sp³-hybridized carbons (Fsp3) is 0.100. The molecule has 0 radical (unpaired) electrons. The monoisotopic (exact) mass is 237 g/mol. The summed E-state index contributed by atoms with van der Waals surface area (Å²) in [5, 5.41) is 13.0. The minimum Gasteiger partial charge on any atom is -0.758 e. The lowest BCUT2D eigenvalue weighted by Crippen LogP contribution is -2.20. The molecule has 78 valence electrons. The number of hydroxylamine groups is 2. The van der Waals surface area contributed by atoms with E-state index in [1.54, 1.807) is 12.3 Å². The van der Waals surface area contributed by atoms with Crippen molar-refractivity contribution in [2.45, 2.75) is 10.4 Å². The summed E-state index contributed by atoms with van der Waals surface area (Å²) >= 11 is 0. The zero-order valence-corrected chi connectivity index (χ0v) is 9.45. The lowest BCUT2D eigenvalue weighted by Gasteiger charge is -2.34. The number of aromatic nitrogens is 1. The lowest BCUT2D eigenvalue weighted by atomic mass is 10.4. The Morgan fingerprint density at radius 1 is 1.33 bits per heavy atom. The summed E-state index contributed by atoms with van der Waals surface area (Å²) in [7, 11) is 3.00. The maximum Gasteiger partial charge on any atom is 0.107 e. The molecule has 1 aromatic rings. The molecular weight excluding hydrogens is 228 g/mol. The molecule has 0 N–H and O–H groups in total. The Balaban J connectivity index is 1.89. The Bertz CT molecular complexity index is 367. The number of allylic oxidation sites excluding steroid dienone is 2. The first-order valence-electron chi connectivity index (χ1n) is 4.41. The molecule has 0 aromatic carbocycles. The van der Waals surface area contributed by atoms with Crippen LogP contribution in [0.1, 0.15) is 0 Å². The first-order valence-corrected chi connectivity index (χ1v) is 6.62. The second-order valence-electron chi connectivity index (χ2n) is 2.82. The zero-order chi connectivity index (χ0) is 10.5. The van der Waals surface area contributed by atoms with Crippen molar-refractivity contribution < 1.29 is 0 Å². The molecule has 0 saturated heterocycles. The quantitative estimate of drug-likeness (QED) is 0.756. The fourth-order valence-corrected chi connectivity index (χ4v) is 3.11. The Hall–Kier alpha value is -0.910. The van der Waals surface area contributed by atoms with Crippen molar-refractivity contribution in [1.82, 2.24) is 10.0 Å². The SMILES string of the molecule is [O-]N1C=CC=CC1SSc1ccccn1. The normalized spacial score (nSPS) is 19.5. The van der Waals surface area contributed by atoms with E-state index in [1.807, 2.05) is 30.4 Å². The average Bonchev–Trinajstić information content (AvgIpc) is 2.29. The van der Waals surface area contributed by atoms with Crippen LogP contribution in [0.3, 0.4) is 0 Å². The minimum atomic E-state index is -0.165. The molecule has 5 heteroatoms. The zero-order valence-electron chi connectivity index (χ0n) is 7.82. The molecule has 1 aliphatic rings. The van der Waals surface area contributed by atoms with E-state index in [4.69, 9.17) is 0 Å². The molecule has 15 heavy (non-hydrogen) atoms. The van der Waals surface area contributed by atoms with Gasteiger partial charge >= 0.3 is 0 Å². The third-order valence-electron chi connectivity index (χ3n) is 1.74. The maximum absolute atomic E-state index is 11.3. The van der Waals surface area contributed by atoms with E-state index in [9.17, 15) is 5.21 Å². The van der Waals surface area contributed by atoms with Gasteiger partial charge in [-0.15, -0.1) is 0 Å². The number of hydrogen-bond donors (Lipinski definition) is 0. The van der Waals surface area contributed by atoms with Crippen molar-refractivity contribution in [3.63, 3.8) is 0 Å². The van der Waals surface area contributed by atoms with Crippen molar-refractivity contribution in [2.24, 2.45) is 0 Å². The van der Waals surface area contributed by atoms with Gasteiger partial charge in [0.2, 0.25) is 0 Å². The van der Waals surface area contributed by atoms with E-state index >= 15 is 0 Å². The van der Waals surface area contributed by atoms with Crippen LogP contribution in [0.5, 0.6) is 0 Å². The van der Waals surface area contributed by atoms with Crippen LogP contribution in [0.15, 0.2) is 53.8 Å². The van der Waals surface area contributed by atoms with Gasteiger partial charge in [-0.1, -0.05) is 29.0 Å². The van der Waals surface area contributed by atoms with E-state index in [1.165, 1.54) is 27.8 Å². The van der Waals surface area contributed by atoms with Crippen LogP contribution in [-0.2, 0) is 0 Å². The third kappa shape index (κ3) is 3.02. The van der Waals surface area contributed by atoms with E-state index in [0.717, 1.165) is 10.1 Å². The van der Waals surface area contributed by atoms with Crippen LogP contribution in [0.2, 0.25) is 0 Å². The first-order chi connectivity index (χ1) is 7.36. The van der Waals surface area contributed by atoms with Gasteiger partial charge in [-0.3, -0.25) is 0 Å². The summed E-state index contributed by atoms with van der Waals surface area (Å²) < 4.78 is 0. The van der Waals surface area contributed by atoms with E-state index in [0.29, 0.717) is 0 Å². The van der Waals surface area contributed by atoms with Gasteiger partial charge in [0.25, 0.3) is 0 Å². The van der Waals surface area contributed by atoms with Gasteiger partial charge in [0.05, 0.1) is 5.37 Å². The van der Waals surface area contributed by atoms with Gasteiger partial charge in [0, 0.05) is 6.20 Å². The lowest BCUT2D eigenvalue weighted by molar-refractivity contribution is 0.531. The highest BCUT2D eigenvalue weighted by molar-refractivity contribution is 8.76. The predicted octanol–water partition coefficient (Wildman–Crippen LogP) is 3.03. The predicted molar refractivity (Wildman–Crippen MR) is 65.0 cm³/mol. The van der Waals surface area contributed by atoms with Crippen LogP contribution >= 0.6 is 21.6 Å². The molecule has 1 aliphatic heterocycles. The van der Waals surface area contributed by atoms with Crippen molar-refractivity contribution in [3.05, 3.63) is 54.0 Å². The van der Waals surface area contributed by atoms with Crippen LogP contribution in [-0.4, -0.2) is 15.4 Å². The van der Waals surface area contributed by atoms with E-state index in [-0.39, 0.29) is 5.37 Å². The molecular formula is C10H9N2OS2-. The summed E-state index contributed by atoms with van der Waals surface area (Å²) in [6.45, 7) is 0. The molecule has 1 aromatic heterocycles. The molecule has 0 amide bonds. The standard InChI is InChI=1S/C10H9N2OS2/c13-12-8-4-2-6-10(12)15-14-9-5-1-3-7-11-9/h1-8,10H/q-1. The maximum atomic E-state index is 11.3. The Kier molecular flexibility index (Phi) is 3.71. The van der Waals surface area contributed by atoms with E-state index in [2.05, 4.69) is 4.98 Å². The summed E-state index contributed by atoms with van der Waals surface area (Å²) in [5.41, 5.74) is 0. The van der Waals surface area contributed by atoms with E-state index < -0.39 is 0 Å². The van der Waals surface area contributed by atoms with Gasteiger partial charge in [-0.05, 0) is 35.2 Å². The van der Waals surface area contributed by atoms with Crippen molar-refractivity contribution in [1.29, 1.82) is 0 Å². The van der Waals surface area contributed by atoms with Gasteiger partial charge in [-0.2, -0.15) is 0 Å². The van der Waals surface area contributed by atoms with Crippen molar-refractivity contribution in [2.75, 3.05) is 0 Å². The molecule has 1 unspecified atom stereocenters. The number of hydrogen-bond acceptors (Lipinski definition) is 5. The molecule has 0 saturated carbocycles. The van der Waals surface area contributed by atoms with Gasteiger partial charge in [0.1, 0.15) is 5.03 Å². The topological polar surface area (TPSA) is 39.2 Å². The number of nitrogens with zero attached hydrogens (tertiary/aromatic N) is 2. The average molecular weight is 237 g/mol. The second kappa shape index (κ2) is 5.25. The first kappa shape index (κ1) is 10.6. The Morgan fingerprint density at radius 3 is 3.00 bits per heavy atom. The summed E-state index contributed by atoms with van der Waals surface area (Å²) in [6, 6.07) is 5.73. The van der Waals surface area contributed by atoms with Crippen LogP contribution in [0.4, 0.5) is 0 Å². The highest BCUT2D eigenvalue weighted by Gasteiger charge is 2.08. The van der Waals surface area contributed by atoms with Gasteiger partial charge in [0.15, 0.2) is 0 Å². The van der Waals surface area contributed by atoms with Crippen LogP contribution in [0, 0.1) is 5.21 Å². The highest BCUT2D eigenvalue weighted by Crippen LogP contribution is 2.35. The van der Waals surface area contributed by atoms with Gasteiger partial charge < -0.3 is 10.3 Å². The van der Waals surface area contributed by atoms with Crippen LogP contribution in [0.25, 0.3) is 0 Å². The highest BCUT2D eigenvalue weighted by atomic mass is 33.1. The molecule has 0 spiro atoms. The van der Waals surface area contributed by atoms with Crippen LogP contribution < -0.4 is 0 Å².